The molecule has 0 unspecified atom stereocenters. The topological polar surface area (TPSA) is 0 Å². The van der Waals surface area contributed by atoms with Crippen LogP contribution in [-0.2, 0) is 25.7 Å². The van der Waals surface area contributed by atoms with Gasteiger partial charge in [-0.2, -0.15) is 0 Å². The van der Waals surface area contributed by atoms with Crippen molar-refractivity contribution in [3.63, 3.8) is 0 Å². The second kappa shape index (κ2) is 12.6. The Hall–Kier alpha value is -3.19. The highest BCUT2D eigenvalue weighted by Crippen LogP contribution is 2.25. The lowest BCUT2D eigenvalue weighted by molar-refractivity contribution is 0.629. The molecule has 3 aromatic carbocycles. The minimum absolute atomic E-state index is 0.160. The number of halogens is 1. The first-order chi connectivity index (χ1) is 15.7. The number of hydrogen-bond donors (Lipinski definition) is 0. The molecule has 164 valence electrons. The molecule has 32 heavy (non-hydrogen) atoms. The summed E-state index contributed by atoms with van der Waals surface area (Å²) in [5, 5.41) is 0. The fourth-order valence-corrected chi connectivity index (χ4v) is 3.74. The standard InChI is InChI=1S/C31H33F/c1-3-5-7-11-27-18-21-29(22-19-27)30-23-20-28(24-31(30)32)13-9-8-12-26-16-14-25(15-17-26)10-6-4-2/h3-5,8-9,14-24H,2,6-7,10-13H2,1H3/b5-3+,9-8+. The molecule has 0 aliphatic heterocycles. The molecular formula is C31H33F. The summed E-state index contributed by atoms with van der Waals surface area (Å²) in [5.74, 6) is -0.160. The summed E-state index contributed by atoms with van der Waals surface area (Å²) in [7, 11) is 0. The molecule has 0 nitrogen and oxygen atoms in total. The number of hydrogen-bond acceptors (Lipinski definition) is 0. The molecule has 0 radical (unpaired) electrons. The van der Waals surface area contributed by atoms with Gasteiger partial charge in [0, 0.05) is 5.56 Å². The predicted octanol–water partition coefficient (Wildman–Crippen LogP) is 8.46. The Bertz CT molecular complexity index is 1040. The first kappa shape index (κ1) is 23.5. The molecule has 0 N–H and O–H groups in total. The Balaban J connectivity index is 1.54. The van der Waals surface area contributed by atoms with Gasteiger partial charge in [0.15, 0.2) is 0 Å². The van der Waals surface area contributed by atoms with Crippen LogP contribution in [0.25, 0.3) is 11.1 Å². The zero-order valence-corrected chi connectivity index (χ0v) is 19.1. The summed E-state index contributed by atoms with van der Waals surface area (Å²) in [6, 6.07) is 22.6. The van der Waals surface area contributed by atoms with Gasteiger partial charge in [0.2, 0.25) is 0 Å². The molecule has 3 rings (SSSR count). The third-order valence-corrected chi connectivity index (χ3v) is 5.67. The molecule has 3 aromatic rings. The first-order valence-electron chi connectivity index (χ1n) is 11.5. The van der Waals surface area contributed by atoms with Crippen molar-refractivity contribution in [3.05, 3.63) is 132 Å². The first-order valence-corrected chi connectivity index (χ1v) is 11.5. The fraction of sp³-hybridized carbons (Fsp3) is 0.226. The minimum atomic E-state index is -0.160. The number of benzene rings is 3. The van der Waals surface area contributed by atoms with E-state index in [4.69, 9.17) is 0 Å². The zero-order chi connectivity index (χ0) is 22.6. The second-order valence-electron chi connectivity index (χ2n) is 8.14. The highest BCUT2D eigenvalue weighted by atomic mass is 19.1. The maximum Gasteiger partial charge on any atom is 0.131 e. The van der Waals surface area contributed by atoms with Gasteiger partial charge in [-0.1, -0.05) is 91.0 Å². The van der Waals surface area contributed by atoms with Gasteiger partial charge in [-0.05, 0) is 79.3 Å². The Morgan fingerprint density at radius 1 is 0.688 bits per heavy atom. The van der Waals surface area contributed by atoms with E-state index in [1.54, 1.807) is 6.07 Å². The average Bonchev–Trinajstić information content (AvgIpc) is 2.82. The Morgan fingerprint density at radius 3 is 1.88 bits per heavy atom. The average molecular weight is 425 g/mol. The van der Waals surface area contributed by atoms with E-state index >= 15 is 0 Å². The molecule has 0 aliphatic rings. The molecule has 0 aromatic heterocycles. The minimum Gasteiger partial charge on any atom is -0.206 e. The lowest BCUT2D eigenvalue weighted by Crippen LogP contribution is -1.90. The van der Waals surface area contributed by atoms with E-state index in [9.17, 15) is 4.39 Å². The van der Waals surface area contributed by atoms with Gasteiger partial charge in [-0.25, -0.2) is 4.39 Å². The highest BCUT2D eigenvalue weighted by molar-refractivity contribution is 5.64. The molecule has 0 bridgehead atoms. The largest absolute Gasteiger partial charge is 0.206 e. The van der Waals surface area contributed by atoms with Crippen LogP contribution in [0.15, 0.2) is 104 Å². The molecule has 0 aliphatic carbocycles. The second-order valence-corrected chi connectivity index (χ2v) is 8.14. The van der Waals surface area contributed by atoms with E-state index in [1.165, 1.54) is 16.7 Å². The third kappa shape index (κ3) is 7.20. The lowest BCUT2D eigenvalue weighted by atomic mass is 9.99. The van der Waals surface area contributed by atoms with Gasteiger partial charge in [0.05, 0.1) is 0 Å². The van der Waals surface area contributed by atoms with Crippen molar-refractivity contribution in [3.8, 4) is 11.1 Å². The fourth-order valence-electron chi connectivity index (χ4n) is 3.74. The van der Waals surface area contributed by atoms with E-state index < -0.39 is 0 Å². The van der Waals surface area contributed by atoms with Crippen LogP contribution in [0.5, 0.6) is 0 Å². The molecule has 0 spiro atoms. The van der Waals surface area contributed by atoms with E-state index in [0.717, 1.165) is 49.7 Å². The summed E-state index contributed by atoms with van der Waals surface area (Å²) in [6.45, 7) is 5.81. The van der Waals surface area contributed by atoms with E-state index in [2.05, 4.69) is 67.3 Å². The maximum absolute atomic E-state index is 14.7. The zero-order valence-electron chi connectivity index (χ0n) is 19.1. The summed E-state index contributed by atoms with van der Waals surface area (Å²) in [5.41, 5.74) is 6.49. The molecule has 0 amide bonds. The summed E-state index contributed by atoms with van der Waals surface area (Å²) >= 11 is 0. The van der Waals surface area contributed by atoms with Crippen molar-refractivity contribution in [1.29, 1.82) is 0 Å². The molecule has 0 fully saturated rings. The molecular weight excluding hydrogens is 391 g/mol. The van der Waals surface area contributed by atoms with E-state index in [1.807, 2.05) is 37.3 Å². The quantitative estimate of drug-likeness (QED) is 0.271. The molecule has 0 heterocycles. The van der Waals surface area contributed by atoms with Crippen LogP contribution in [0.1, 0.15) is 42.0 Å². The van der Waals surface area contributed by atoms with Crippen molar-refractivity contribution in [2.75, 3.05) is 0 Å². The SMILES string of the molecule is C=CCCc1ccc(C/C=C/Cc2ccc(-c3ccc(CC/C=C/C)cc3)c(F)c2)cc1. The monoisotopic (exact) mass is 424 g/mol. The van der Waals surface area contributed by atoms with Crippen LogP contribution in [0.3, 0.4) is 0 Å². The van der Waals surface area contributed by atoms with Crippen molar-refractivity contribution in [1.82, 2.24) is 0 Å². The van der Waals surface area contributed by atoms with Gasteiger partial charge >= 0.3 is 0 Å². The summed E-state index contributed by atoms with van der Waals surface area (Å²) < 4.78 is 14.7. The predicted molar refractivity (Wildman–Crippen MR) is 136 cm³/mol. The van der Waals surface area contributed by atoms with E-state index in [-0.39, 0.29) is 5.82 Å². The van der Waals surface area contributed by atoms with Crippen molar-refractivity contribution in [2.24, 2.45) is 0 Å². The van der Waals surface area contributed by atoms with Crippen LogP contribution in [0.4, 0.5) is 4.39 Å². The van der Waals surface area contributed by atoms with Crippen LogP contribution in [-0.4, -0.2) is 0 Å². The van der Waals surface area contributed by atoms with Gasteiger partial charge < -0.3 is 0 Å². The van der Waals surface area contributed by atoms with Gasteiger partial charge in [-0.15, -0.1) is 6.58 Å². The van der Waals surface area contributed by atoms with Gasteiger partial charge in [0.1, 0.15) is 5.82 Å². The smallest absolute Gasteiger partial charge is 0.131 e. The normalized spacial score (nSPS) is 11.4. The molecule has 0 atom stereocenters. The highest BCUT2D eigenvalue weighted by Gasteiger charge is 2.06. The van der Waals surface area contributed by atoms with Gasteiger partial charge in [0.25, 0.3) is 0 Å². The van der Waals surface area contributed by atoms with Crippen LogP contribution in [0.2, 0.25) is 0 Å². The van der Waals surface area contributed by atoms with Crippen molar-refractivity contribution < 1.29 is 4.39 Å². The van der Waals surface area contributed by atoms with Gasteiger partial charge in [-0.3, -0.25) is 0 Å². The van der Waals surface area contributed by atoms with Crippen LogP contribution in [0, 0.1) is 5.82 Å². The Kier molecular flexibility index (Phi) is 9.25. The number of aryl methyl sites for hydroxylation is 2. The molecule has 0 saturated heterocycles. The Morgan fingerprint density at radius 2 is 1.25 bits per heavy atom. The molecule has 1 heteroatoms. The van der Waals surface area contributed by atoms with Crippen LogP contribution >= 0.6 is 0 Å². The summed E-state index contributed by atoms with van der Waals surface area (Å²) in [4.78, 5) is 0. The van der Waals surface area contributed by atoms with E-state index in [0.29, 0.717) is 5.56 Å². The lowest BCUT2D eigenvalue weighted by Gasteiger charge is -2.07. The van der Waals surface area contributed by atoms with Crippen molar-refractivity contribution >= 4 is 0 Å². The number of rotatable bonds is 11. The third-order valence-electron chi connectivity index (χ3n) is 5.67. The summed E-state index contributed by atoms with van der Waals surface area (Å²) in [6.07, 6.45) is 16.2. The van der Waals surface area contributed by atoms with Crippen molar-refractivity contribution in [2.45, 2.75) is 45.4 Å². The molecule has 0 saturated carbocycles. The Labute approximate surface area is 192 Å². The van der Waals surface area contributed by atoms with Crippen LogP contribution < -0.4 is 0 Å². The maximum atomic E-state index is 14.7. The number of allylic oxidation sites excluding steroid dienone is 5.